The van der Waals surface area contributed by atoms with E-state index in [1.807, 2.05) is 12.1 Å². The summed E-state index contributed by atoms with van der Waals surface area (Å²) in [5.74, 6) is -0.0148. The highest BCUT2D eigenvalue weighted by molar-refractivity contribution is 5.94. The molecule has 2 aromatic carbocycles. The summed E-state index contributed by atoms with van der Waals surface area (Å²) in [4.78, 5) is 17.3. The number of anilines is 1. The largest absolute Gasteiger partial charge is 0.376 e. The highest BCUT2D eigenvalue weighted by atomic mass is 16.5. The Morgan fingerprint density at radius 2 is 1.80 bits per heavy atom. The SMILES string of the molecule is Cc1ccc(N2CCN(Cc3ccc(C(=O)NC[C@@H]4CCCO4)cc3)CC2)cc1C. The van der Waals surface area contributed by atoms with E-state index in [4.69, 9.17) is 4.74 Å². The number of ether oxygens (including phenoxy) is 1. The molecule has 160 valence electrons. The monoisotopic (exact) mass is 407 g/mol. The van der Waals surface area contributed by atoms with E-state index in [0.29, 0.717) is 6.54 Å². The van der Waals surface area contributed by atoms with Gasteiger partial charge in [-0.1, -0.05) is 18.2 Å². The van der Waals surface area contributed by atoms with Crippen molar-refractivity contribution in [3.8, 4) is 0 Å². The van der Waals surface area contributed by atoms with Gasteiger partial charge in [0, 0.05) is 57.1 Å². The van der Waals surface area contributed by atoms with Crippen LogP contribution in [-0.2, 0) is 11.3 Å². The first-order chi connectivity index (χ1) is 14.6. The highest BCUT2D eigenvalue weighted by Gasteiger charge is 2.19. The normalized spacial score (nSPS) is 19.8. The molecule has 2 fully saturated rings. The lowest BCUT2D eigenvalue weighted by atomic mass is 10.1. The number of carbonyl (C=O) groups excluding carboxylic acids is 1. The van der Waals surface area contributed by atoms with Crippen LogP contribution in [0.15, 0.2) is 42.5 Å². The minimum Gasteiger partial charge on any atom is -0.376 e. The average molecular weight is 408 g/mol. The smallest absolute Gasteiger partial charge is 0.251 e. The molecule has 0 radical (unpaired) electrons. The first-order valence-electron chi connectivity index (χ1n) is 11.1. The van der Waals surface area contributed by atoms with Crippen LogP contribution in [0.4, 0.5) is 5.69 Å². The Morgan fingerprint density at radius 1 is 1.03 bits per heavy atom. The number of hydrogen-bond acceptors (Lipinski definition) is 4. The third-order valence-corrected chi connectivity index (χ3v) is 6.36. The first kappa shape index (κ1) is 20.9. The summed E-state index contributed by atoms with van der Waals surface area (Å²) in [5.41, 5.74) is 6.01. The number of piperazine rings is 1. The number of rotatable bonds is 6. The predicted molar refractivity (Wildman–Crippen MR) is 121 cm³/mol. The van der Waals surface area contributed by atoms with Gasteiger partial charge in [-0.05, 0) is 67.6 Å². The van der Waals surface area contributed by atoms with Crippen LogP contribution in [0.5, 0.6) is 0 Å². The van der Waals surface area contributed by atoms with E-state index >= 15 is 0 Å². The average Bonchev–Trinajstić information content (AvgIpc) is 3.29. The molecule has 5 nitrogen and oxygen atoms in total. The number of amides is 1. The second kappa shape index (κ2) is 9.63. The van der Waals surface area contributed by atoms with E-state index in [1.165, 1.54) is 22.4 Å². The third kappa shape index (κ3) is 5.21. The van der Waals surface area contributed by atoms with E-state index in [0.717, 1.165) is 57.7 Å². The Morgan fingerprint density at radius 3 is 2.47 bits per heavy atom. The Kier molecular flexibility index (Phi) is 6.70. The fraction of sp³-hybridized carbons (Fsp3) is 0.480. The van der Waals surface area contributed by atoms with Gasteiger partial charge < -0.3 is 15.0 Å². The summed E-state index contributed by atoms with van der Waals surface area (Å²) in [6, 6.07) is 14.8. The molecule has 2 saturated heterocycles. The molecule has 4 rings (SSSR count). The predicted octanol–water partition coefficient (Wildman–Crippen LogP) is 3.53. The number of nitrogens with zero attached hydrogens (tertiary/aromatic N) is 2. The van der Waals surface area contributed by atoms with Crippen molar-refractivity contribution in [2.75, 3.05) is 44.2 Å². The molecule has 5 heteroatoms. The van der Waals surface area contributed by atoms with Gasteiger partial charge >= 0.3 is 0 Å². The molecule has 0 aromatic heterocycles. The maximum atomic E-state index is 12.3. The Labute approximate surface area is 180 Å². The quantitative estimate of drug-likeness (QED) is 0.796. The Hall–Kier alpha value is -2.37. The summed E-state index contributed by atoms with van der Waals surface area (Å²) >= 11 is 0. The third-order valence-electron chi connectivity index (χ3n) is 6.36. The maximum Gasteiger partial charge on any atom is 0.251 e. The molecular formula is C25H33N3O2. The zero-order valence-electron chi connectivity index (χ0n) is 18.2. The van der Waals surface area contributed by atoms with Crippen molar-refractivity contribution >= 4 is 11.6 Å². The molecule has 0 bridgehead atoms. The zero-order valence-corrected chi connectivity index (χ0v) is 18.2. The number of aryl methyl sites for hydroxylation is 2. The molecule has 30 heavy (non-hydrogen) atoms. The molecule has 0 saturated carbocycles. The number of nitrogens with one attached hydrogen (secondary N) is 1. The van der Waals surface area contributed by atoms with Crippen LogP contribution >= 0.6 is 0 Å². The van der Waals surface area contributed by atoms with E-state index in [1.54, 1.807) is 0 Å². The van der Waals surface area contributed by atoms with Crippen molar-refractivity contribution < 1.29 is 9.53 Å². The highest BCUT2D eigenvalue weighted by Crippen LogP contribution is 2.21. The summed E-state index contributed by atoms with van der Waals surface area (Å²) in [6.45, 7) is 10.9. The number of carbonyl (C=O) groups is 1. The van der Waals surface area contributed by atoms with Crippen molar-refractivity contribution in [1.29, 1.82) is 0 Å². The van der Waals surface area contributed by atoms with Crippen LogP contribution in [0, 0.1) is 13.8 Å². The van der Waals surface area contributed by atoms with E-state index in [2.05, 4.69) is 59.3 Å². The number of hydrogen-bond donors (Lipinski definition) is 1. The minimum atomic E-state index is -0.0148. The Bertz CT molecular complexity index is 851. The minimum absolute atomic E-state index is 0.0148. The zero-order chi connectivity index (χ0) is 20.9. The second-order valence-electron chi connectivity index (χ2n) is 8.57. The molecule has 1 atom stereocenters. The fourth-order valence-electron chi connectivity index (χ4n) is 4.22. The first-order valence-corrected chi connectivity index (χ1v) is 11.1. The lowest BCUT2D eigenvalue weighted by Gasteiger charge is -2.36. The molecule has 2 heterocycles. The van der Waals surface area contributed by atoms with Gasteiger partial charge in [-0.25, -0.2) is 0 Å². The van der Waals surface area contributed by atoms with Crippen molar-refractivity contribution in [3.63, 3.8) is 0 Å². The van der Waals surface area contributed by atoms with Gasteiger partial charge in [0.25, 0.3) is 5.91 Å². The fourth-order valence-corrected chi connectivity index (χ4v) is 4.22. The van der Waals surface area contributed by atoms with E-state index < -0.39 is 0 Å². The van der Waals surface area contributed by atoms with Gasteiger partial charge in [0.1, 0.15) is 0 Å². The molecule has 1 amide bonds. The molecule has 2 aliphatic rings. The van der Waals surface area contributed by atoms with Crippen LogP contribution in [0.1, 0.15) is 39.9 Å². The van der Waals surface area contributed by atoms with Gasteiger partial charge in [0.15, 0.2) is 0 Å². The standard InChI is InChI=1S/C25H33N3O2/c1-19-5-10-23(16-20(19)2)28-13-11-27(12-14-28)18-21-6-8-22(9-7-21)25(29)26-17-24-4-3-15-30-24/h5-10,16,24H,3-4,11-15,17-18H2,1-2H3,(H,26,29)/t24-/m0/s1. The van der Waals surface area contributed by atoms with E-state index in [-0.39, 0.29) is 12.0 Å². The lowest BCUT2D eigenvalue weighted by Crippen LogP contribution is -2.46. The molecule has 2 aliphatic heterocycles. The molecule has 1 N–H and O–H groups in total. The van der Waals surface area contributed by atoms with Crippen LogP contribution in [0.3, 0.4) is 0 Å². The summed E-state index contributed by atoms with van der Waals surface area (Å²) in [6.07, 6.45) is 2.31. The molecule has 0 spiro atoms. The summed E-state index contributed by atoms with van der Waals surface area (Å²) in [5, 5.41) is 2.99. The van der Waals surface area contributed by atoms with Gasteiger partial charge in [-0.2, -0.15) is 0 Å². The lowest BCUT2D eigenvalue weighted by molar-refractivity contribution is 0.0858. The van der Waals surface area contributed by atoms with Crippen molar-refractivity contribution in [2.24, 2.45) is 0 Å². The molecule has 0 aliphatic carbocycles. The summed E-state index contributed by atoms with van der Waals surface area (Å²) in [7, 11) is 0. The van der Waals surface area contributed by atoms with Crippen molar-refractivity contribution in [3.05, 3.63) is 64.7 Å². The van der Waals surface area contributed by atoms with Gasteiger partial charge in [0.2, 0.25) is 0 Å². The van der Waals surface area contributed by atoms with Crippen LogP contribution in [0.25, 0.3) is 0 Å². The van der Waals surface area contributed by atoms with Crippen LogP contribution < -0.4 is 10.2 Å². The summed E-state index contributed by atoms with van der Waals surface area (Å²) < 4.78 is 5.57. The van der Waals surface area contributed by atoms with Crippen molar-refractivity contribution in [2.45, 2.75) is 39.3 Å². The molecule has 2 aromatic rings. The maximum absolute atomic E-state index is 12.3. The van der Waals surface area contributed by atoms with E-state index in [9.17, 15) is 4.79 Å². The van der Waals surface area contributed by atoms with Crippen molar-refractivity contribution in [1.82, 2.24) is 10.2 Å². The Balaban J connectivity index is 1.25. The molecular weight excluding hydrogens is 374 g/mol. The van der Waals surface area contributed by atoms with Crippen LogP contribution in [-0.4, -0.2) is 56.2 Å². The second-order valence-corrected chi connectivity index (χ2v) is 8.57. The van der Waals surface area contributed by atoms with Gasteiger partial charge in [0.05, 0.1) is 6.10 Å². The topological polar surface area (TPSA) is 44.8 Å². The molecule has 0 unspecified atom stereocenters. The van der Waals surface area contributed by atoms with Gasteiger partial charge in [-0.3, -0.25) is 9.69 Å². The van der Waals surface area contributed by atoms with Gasteiger partial charge in [-0.15, -0.1) is 0 Å². The van der Waals surface area contributed by atoms with Crippen LogP contribution in [0.2, 0.25) is 0 Å². The number of benzene rings is 2.